The van der Waals surface area contributed by atoms with Crippen molar-refractivity contribution in [2.45, 2.75) is 39.1 Å². The molecule has 0 unspecified atom stereocenters. The maximum absolute atomic E-state index is 12.6. The zero-order valence-corrected chi connectivity index (χ0v) is 18.9. The highest BCUT2D eigenvalue weighted by molar-refractivity contribution is 7.88. The average molecular weight is 450 g/mol. The molecule has 2 aromatic heterocycles. The van der Waals surface area contributed by atoms with Gasteiger partial charge in [-0.25, -0.2) is 18.1 Å². The van der Waals surface area contributed by atoms with E-state index in [1.807, 2.05) is 36.6 Å². The first-order chi connectivity index (χ1) is 13.7. The van der Waals surface area contributed by atoms with Gasteiger partial charge in [0.05, 0.1) is 16.3 Å². The average Bonchev–Trinajstić information content (AvgIpc) is 3.29. The number of hydrogen-bond acceptors (Lipinski definition) is 6. The third kappa shape index (κ3) is 5.96. The van der Waals surface area contributed by atoms with Crippen molar-refractivity contribution in [3.8, 4) is 9.88 Å². The largest absolute Gasteiger partial charge is 0.347 e. The molecule has 1 amide bonds. The number of amides is 1. The zero-order valence-electron chi connectivity index (χ0n) is 16.4. The van der Waals surface area contributed by atoms with Crippen LogP contribution in [0.3, 0.4) is 0 Å². The fourth-order valence-corrected chi connectivity index (χ4v) is 5.96. The van der Waals surface area contributed by atoms with Crippen LogP contribution in [0, 0.1) is 6.92 Å². The third-order valence-corrected chi connectivity index (χ3v) is 7.72. The first-order valence-corrected chi connectivity index (χ1v) is 12.5. The summed E-state index contributed by atoms with van der Waals surface area (Å²) < 4.78 is 26.6. The number of carbonyl (C=O) groups is 1. The van der Waals surface area contributed by atoms with Gasteiger partial charge in [-0.05, 0) is 43.3 Å². The molecule has 29 heavy (non-hydrogen) atoms. The minimum atomic E-state index is -3.35. The molecule has 0 saturated carbocycles. The second kappa shape index (κ2) is 9.17. The topological polar surface area (TPSA) is 88.2 Å². The van der Waals surface area contributed by atoms with Crippen LogP contribution >= 0.6 is 22.7 Å². The number of aryl methyl sites for hydroxylation is 1. The summed E-state index contributed by atoms with van der Waals surface area (Å²) in [7, 11) is -3.35. The van der Waals surface area contributed by atoms with Gasteiger partial charge in [0.1, 0.15) is 9.88 Å². The summed E-state index contributed by atoms with van der Waals surface area (Å²) in [5, 5.41) is 5.75. The van der Waals surface area contributed by atoms with Crippen LogP contribution in [-0.4, -0.2) is 25.4 Å². The van der Waals surface area contributed by atoms with Crippen molar-refractivity contribution < 1.29 is 13.2 Å². The molecule has 2 heterocycles. The van der Waals surface area contributed by atoms with Crippen molar-refractivity contribution in [3.63, 3.8) is 0 Å². The van der Waals surface area contributed by atoms with Gasteiger partial charge in [-0.2, -0.15) is 0 Å². The molecule has 0 saturated heterocycles. The Bertz CT molecular complexity index is 1070. The Morgan fingerprint density at radius 3 is 2.45 bits per heavy atom. The molecule has 0 spiro atoms. The van der Waals surface area contributed by atoms with Gasteiger partial charge in [-0.3, -0.25) is 4.79 Å². The summed E-state index contributed by atoms with van der Waals surface area (Å²) in [4.78, 5) is 18.7. The molecule has 2 N–H and O–H groups in total. The quantitative estimate of drug-likeness (QED) is 0.545. The Labute approximate surface area is 179 Å². The van der Waals surface area contributed by atoms with Crippen molar-refractivity contribution in [1.29, 1.82) is 0 Å². The molecule has 1 aromatic carbocycles. The highest BCUT2D eigenvalue weighted by Crippen LogP contribution is 2.31. The van der Waals surface area contributed by atoms with E-state index in [0.29, 0.717) is 22.7 Å². The lowest BCUT2D eigenvalue weighted by Crippen LogP contribution is -2.31. The summed E-state index contributed by atoms with van der Waals surface area (Å²) in [6, 6.07) is 11.0. The normalized spacial score (nSPS) is 11.7. The lowest BCUT2D eigenvalue weighted by atomic mass is 10.1. The van der Waals surface area contributed by atoms with Gasteiger partial charge in [0.25, 0.3) is 5.91 Å². The number of nitrogens with zero attached hydrogens (tertiary/aromatic N) is 1. The number of carbonyl (C=O) groups excluding carboxylic acids is 1. The molecule has 154 valence electrons. The minimum absolute atomic E-state index is 0.0661. The molecule has 0 aliphatic rings. The van der Waals surface area contributed by atoms with E-state index in [4.69, 9.17) is 0 Å². The van der Waals surface area contributed by atoms with Gasteiger partial charge >= 0.3 is 0 Å². The number of thiazole rings is 1. The molecule has 3 aromatic rings. The molecule has 0 atom stereocenters. The molecule has 0 aliphatic heterocycles. The number of rotatable bonds is 8. The predicted octanol–water partition coefficient (Wildman–Crippen LogP) is 3.94. The first-order valence-electron chi connectivity index (χ1n) is 9.11. The summed E-state index contributed by atoms with van der Waals surface area (Å²) in [6.07, 6.45) is 0. The van der Waals surface area contributed by atoms with E-state index in [9.17, 15) is 13.2 Å². The third-order valence-electron chi connectivity index (χ3n) is 3.98. The molecule has 6 nitrogen and oxygen atoms in total. The van der Waals surface area contributed by atoms with Crippen LogP contribution in [0.25, 0.3) is 9.88 Å². The van der Waals surface area contributed by atoms with E-state index in [0.717, 1.165) is 15.4 Å². The van der Waals surface area contributed by atoms with E-state index < -0.39 is 10.0 Å². The smallest absolute Gasteiger partial charge is 0.263 e. The maximum Gasteiger partial charge on any atom is 0.263 e. The summed E-state index contributed by atoms with van der Waals surface area (Å²) in [5.74, 6) is -0.223. The predicted molar refractivity (Wildman–Crippen MR) is 119 cm³/mol. The van der Waals surface area contributed by atoms with Crippen LogP contribution in [-0.2, 0) is 22.3 Å². The van der Waals surface area contributed by atoms with Gasteiger partial charge < -0.3 is 5.32 Å². The van der Waals surface area contributed by atoms with Crippen LogP contribution in [0.5, 0.6) is 0 Å². The van der Waals surface area contributed by atoms with Crippen LogP contribution < -0.4 is 10.0 Å². The lowest BCUT2D eigenvalue weighted by molar-refractivity contribution is 0.0954. The van der Waals surface area contributed by atoms with E-state index >= 15 is 0 Å². The molecule has 0 radical (unpaired) electrons. The maximum atomic E-state index is 12.6. The van der Waals surface area contributed by atoms with Crippen molar-refractivity contribution in [2.24, 2.45) is 0 Å². The Morgan fingerprint density at radius 2 is 1.83 bits per heavy atom. The number of nitrogens with one attached hydrogen (secondary N) is 2. The van der Waals surface area contributed by atoms with Crippen LogP contribution in [0.4, 0.5) is 0 Å². The molecule has 3 rings (SSSR count). The highest BCUT2D eigenvalue weighted by Gasteiger charge is 2.17. The Kier molecular flexibility index (Phi) is 6.84. The minimum Gasteiger partial charge on any atom is -0.347 e. The van der Waals surface area contributed by atoms with E-state index in [1.165, 1.54) is 11.3 Å². The Balaban J connectivity index is 1.60. The van der Waals surface area contributed by atoms with E-state index in [-0.39, 0.29) is 17.7 Å². The molecular weight excluding hydrogens is 426 g/mol. The summed E-state index contributed by atoms with van der Waals surface area (Å²) in [5.41, 5.74) is 2.32. The fraction of sp³-hybridized carbons (Fsp3) is 0.300. The lowest BCUT2D eigenvalue weighted by Gasteiger charge is -2.10. The van der Waals surface area contributed by atoms with Crippen molar-refractivity contribution in [1.82, 2.24) is 15.0 Å². The van der Waals surface area contributed by atoms with Gasteiger partial charge in [-0.15, -0.1) is 22.7 Å². The molecule has 0 fully saturated rings. The van der Waals surface area contributed by atoms with Gasteiger partial charge in [0, 0.05) is 12.6 Å². The zero-order chi connectivity index (χ0) is 21.0. The Hall–Kier alpha value is -2.07. The summed E-state index contributed by atoms with van der Waals surface area (Å²) >= 11 is 2.98. The van der Waals surface area contributed by atoms with Crippen LogP contribution in [0.15, 0.2) is 41.8 Å². The number of sulfonamides is 1. The molecule has 9 heteroatoms. The monoisotopic (exact) mass is 449 g/mol. The van der Waals surface area contributed by atoms with Crippen LogP contribution in [0.2, 0.25) is 0 Å². The number of benzene rings is 1. The highest BCUT2D eigenvalue weighted by atomic mass is 32.2. The van der Waals surface area contributed by atoms with Gasteiger partial charge in [0.15, 0.2) is 0 Å². The Morgan fingerprint density at radius 1 is 1.14 bits per heavy atom. The number of thiophene rings is 1. The SMILES string of the molecule is Cc1nc(-c2cccs2)sc1C(=O)NCc1ccc(CS(=O)(=O)NC(C)C)cc1. The summed E-state index contributed by atoms with van der Waals surface area (Å²) in [6.45, 7) is 5.78. The number of hydrogen-bond donors (Lipinski definition) is 2. The van der Waals surface area contributed by atoms with Crippen LogP contribution in [0.1, 0.15) is 40.3 Å². The van der Waals surface area contributed by atoms with Gasteiger partial charge in [0.2, 0.25) is 10.0 Å². The van der Waals surface area contributed by atoms with Crippen molar-refractivity contribution >= 4 is 38.6 Å². The second-order valence-electron chi connectivity index (χ2n) is 6.94. The van der Waals surface area contributed by atoms with Crippen molar-refractivity contribution in [2.75, 3.05) is 0 Å². The molecular formula is C20H23N3O3S3. The van der Waals surface area contributed by atoms with E-state index in [1.54, 1.807) is 37.3 Å². The van der Waals surface area contributed by atoms with Gasteiger partial charge in [-0.1, -0.05) is 30.3 Å². The number of aromatic nitrogens is 1. The fourth-order valence-electron chi connectivity index (χ4n) is 2.75. The van der Waals surface area contributed by atoms with Crippen molar-refractivity contribution in [3.05, 3.63) is 63.5 Å². The standard InChI is InChI=1S/C20H23N3O3S3/c1-13(2)23-29(25,26)12-16-8-6-15(7-9-16)11-21-19(24)18-14(3)22-20(28-18)17-5-4-10-27-17/h4-10,13,23H,11-12H2,1-3H3,(H,21,24). The molecule has 0 aliphatic carbocycles. The van der Waals surface area contributed by atoms with E-state index in [2.05, 4.69) is 15.0 Å². The molecule has 0 bridgehead atoms. The first kappa shape index (κ1) is 21.6. The second-order valence-corrected chi connectivity index (χ2v) is 10.6.